The van der Waals surface area contributed by atoms with E-state index in [9.17, 15) is 4.79 Å². The molecule has 2 heterocycles. The average Bonchev–Trinajstić information content (AvgIpc) is 3.14. The van der Waals surface area contributed by atoms with Gasteiger partial charge in [-0.05, 0) is 18.6 Å². The van der Waals surface area contributed by atoms with Crippen molar-refractivity contribution >= 4 is 17.2 Å². The zero-order chi connectivity index (χ0) is 15.4. The van der Waals surface area contributed by atoms with Crippen LogP contribution in [0, 0.1) is 6.92 Å². The van der Waals surface area contributed by atoms with Crippen LogP contribution in [-0.2, 0) is 17.9 Å². The van der Waals surface area contributed by atoms with Crippen molar-refractivity contribution in [3.63, 3.8) is 0 Å². The van der Waals surface area contributed by atoms with E-state index < -0.39 is 0 Å². The first-order valence-corrected chi connectivity index (χ1v) is 7.83. The molecule has 112 valence electrons. The Morgan fingerprint density at radius 1 is 1.27 bits per heavy atom. The lowest BCUT2D eigenvalue weighted by atomic mass is 10.1. The van der Waals surface area contributed by atoms with Crippen molar-refractivity contribution in [2.75, 3.05) is 0 Å². The molecule has 3 rings (SSSR count). The first-order valence-electron chi connectivity index (χ1n) is 6.95. The Morgan fingerprint density at radius 3 is 2.82 bits per heavy atom. The molecule has 0 aliphatic carbocycles. The summed E-state index contributed by atoms with van der Waals surface area (Å²) in [6, 6.07) is 10.1. The van der Waals surface area contributed by atoms with Gasteiger partial charge in [-0.2, -0.15) is 10.1 Å². The molecule has 0 N–H and O–H groups in total. The number of carbonyl (C=O) groups excluding carboxylic acids is 1. The molecule has 1 aromatic carbocycles. The number of thiazole rings is 1. The predicted octanol–water partition coefficient (Wildman–Crippen LogP) is 2.23. The van der Waals surface area contributed by atoms with E-state index in [1.165, 1.54) is 22.5 Å². The largest absolute Gasteiger partial charge is 0.319 e. The Labute approximate surface area is 132 Å². The van der Waals surface area contributed by atoms with Gasteiger partial charge in [-0.3, -0.25) is 9.48 Å². The number of nitrogens with zero attached hydrogens (tertiary/aromatic N) is 4. The van der Waals surface area contributed by atoms with Gasteiger partial charge >= 0.3 is 0 Å². The number of hydrogen-bond acceptors (Lipinski definition) is 3. The number of hydrogen-bond donors (Lipinski definition) is 0. The van der Waals surface area contributed by atoms with Crippen LogP contribution in [0.1, 0.15) is 11.1 Å². The van der Waals surface area contributed by atoms with Crippen molar-refractivity contribution in [3.8, 4) is 0 Å². The number of rotatable bonds is 4. The summed E-state index contributed by atoms with van der Waals surface area (Å²) in [5, 5.41) is 5.96. The van der Waals surface area contributed by atoms with E-state index in [4.69, 9.17) is 0 Å². The highest BCUT2D eigenvalue weighted by molar-refractivity contribution is 7.07. The summed E-state index contributed by atoms with van der Waals surface area (Å²) in [5.41, 5.74) is 2.42. The molecule has 1 amide bonds. The molecule has 0 saturated heterocycles. The van der Waals surface area contributed by atoms with Crippen LogP contribution < -0.4 is 4.80 Å². The molecule has 2 aromatic heterocycles. The summed E-state index contributed by atoms with van der Waals surface area (Å²) >= 11 is 1.46. The first-order chi connectivity index (χ1) is 10.7. The molecule has 22 heavy (non-hydrogen) atoms. The smallest absolute Gasteiger partial charge is 0.270 e. The Hall–Kier alpha value is -2.47. The minimum absolute atomic E-state index is 0.162. The summed E-state index contributed by atoms with van der Waals surface area (Å²) in [7, 11) is 0. The van der Waals surface area contributed by atoms with Crippen LogP contribution in [0.4, 0.5) is 0 Å². The van der Waals surface area contributed by atoms with Crippen LogP contribution in [0.25, 0.3) is 0 Å². The quantitative estimate of drug-likeness (QED) is 0.742. The Balaban J connectivity index is 1.77. The molecule has 5 nitrogen and oxygen atoms in total. The van der Waals surface area contributed by atoms with Gasteiger partial charge in [-0.25, -0.2) is 0 Å². The molecular weight excluding hydrogens is 296 g/mol. The number of aryl methyl sites for hydroxylation is 1. The highest BCUT2D eigenvalue weighted by Gasteiger charge is 2.03. The van der Waals surface area contributed by atoms with Crippen LogP contribution >= 0.6 is 11.3 Å². The lowest BCUT2D eigenvalue weighted by molar-refractivity contribution is -0.118. The molecule has 0 unspecified atom stereocenters. The van der Waals surface area contributed by atoms with E-state index in [1.807, 2.05) is 16.1 Å². The van der Waals surface area contributed by atoms with E-state index in [1.54, 1.807) is 23.1 Å². The van der Waals surface area contributed by atoms with Crippen molar-refractivity contribution < 1.29 is 4.79 Å². The monoisotopic (exact) mass is 312 g/mol. The molecular formula is C16H16N4OS. The lowest BCUT2D eigenvalue weighted by Crippen LogP contribution is -2.19. The molecule has 0 aliphatic heterocycles. The van der Waals surface area contributed by atoms with Gasteiger partial charge in [-0.1, -0.05) is 29.8 Å². The number of amides is 1. The van der Waals surface area contributed by atoms with Crippen molar-refractivity contribution in [1.82, 2.24) is 14.3 Å². The third kappa shape index (κ3) is 3.59. The molecule has 0 fully saturated rings. The van der Waals surface area contributed by atoms with Gasteiger partial charge < -0.3 is 4.57 Å². The number of aromatic nitrogens is 3. The van der Waals surface area contributed by atoms with Crippen LogP contribution in [0.2, 0.25) is 0 Å². The highest BCUT2D eigenvalue weighted by atomic mass is 32.1. The fraction of sp³-hybridized carbons (Fsp3) is 0.188. The molecule has 0 bridgehead atoms. The third-order valence-electron chi connectivity index (χ3n) is 3.21. The zero-order valence-corrected chi connectivity index (χ0v) is 13.0. The van der Waals surface area contributed by atoms with E-state index in [0.29, 0.717) is 11.3 Å². The fourth-order valence-electron chi connectivity index (χ4n) is 2.07. The SMILES string of the molecule is Cc1ccc(Cn2ccsc2=NC(=O)Cn2cccn2)cc1. The van der Waals surface area contributed by atoms with Gasteiger partial charge in [0.2, 0.25) is 0 Å². The molecule has 0 aliphatic rings. The first kappa shape index (κ1) is 14.5. The Kier molecular flexibility index (Phi) is 4.29. The topological polar surface area (TPSA) is 52.2 Å². The predicted molar refractivity (Wildman–Crippen MR) is 85.4 cm³/mol. The number of carbonyl (C=O) groups is 1. The van der Waals surface area contributed by atoms with Crippen molar-refractivity contribution in [2.24, 2.45) is 4.99 Å². The maximum absolute atomic E-state index is 12.0. The van der Waals surface area contributed by atoms with Crippen molar-refractivity contribution in [3.05, 3.63) is 70.2 Å². The minimum Gasteiger partial charge on any atom is -0.319 e. The van der Waals surface area contributed by atoms with Crippen molar-refractivity contribution in [1.29, 1.82) is 0 Å². The van der Waals surface area contributed by atoms with Crippen LogP contribution in [0.15, 0.2) is 59.3 Å². The van der Waals surface area contributed by atoms with Gasteiger partial charge in [-0.15, -0.1) is 11.3 Å². The van der Waals surface area contributed by atoms with E-state index >= 15 is 0 Å². The van der Waals surface area contributed by atoms with Crippen LogP contribution in [0.3, 0.4) is 0 Å². The Morgan fingerprint density at radius 2 is 2.09 bits per heavy atom. The summed E-state index contributed by atoms with van der Waals surface area (Å²) in [6.45, 7) is 2.93. The van der Waals surface area contributed by atoms with E-state index in [-0.39, 0.29) is 12.5 Å². The van der Waals surface area contributed by atoms with E-state index in [2.05, 4.69) is 41.3 Å². The van der Waals surface area contributed by atoms with Gasteiger partial charge in [0.15, 0.2) is 4.80 Å². The van der Waals surface area contributed by atoms with Gasteiger partial charge in [0, 0.05) is 30.5 Å². The van der Waals surface area contributed by atoms with E-state index in [0.717, 1.165) is 0 Å². The molecule has 0 spiro atoms. The van der Waals surface area contributed by atoms with Gasteiger partial charge in [0.05, 0.1) is 0 Å². The molecule has 3 aromatic rings. The normalized spacial score (nSPS) is 11.8. The maximum Gasteiger partial charge on any atom is 0.270 e. The van der Waals surface area contributed by atoms with Crippen LogP contribution in [0.5, 0.6) is 0 Å². The van der Waals surface area contributed by atoms with Crippen molar-refractivity contribution in [2.45, 2.75) is 20.0 Å². The zero-order valence-electron chi connectivity index (χ0n) is 12.2. The minimum atomic E-state index is -0.205. The maximum atomic E-state index is 12.0. The molecule has 0 saturated carbocycles. The highest BCUT2D eigenvalue weighted by Crippen LogP contribution is 2.05. The summed E-state index contributed by atoms with van der Waals surface area (Å²) in [4.78, 5) is 16.9. The summed E-state index contributed by atoms with van der Waals surface area (Å²) in [6.07, 6.45) is 5.35. The molecule has 0 atom stereocenters. The second kappa shape index (κ2) is 6.53. The lowest BCUT2D eigenvalue weighted by Gasteiger charge is -2.04. The summed E-state index contributed by atoms with van der Waals surface area (Å²) in [5.74, 6) is -0.205. The Bertz CT molecular complexity index is 812. The molecule has 0 radical (unpaired) electrons. The standard InChI is InChI=1S/C16H16N4OS/c1-13-3-5-14(6-4-13)11-19-9-10-22-16(19)18-15(21)12-20-8-2-7-17-20/h2-10H,11-12H2,1H3. The fourth-order valence-corrected chi connectivity index (χ4v) is 2.82. The summed E-state index contributed by atoms with van der Waals surface area (Å²) < 4.78 is 3.56. The average molecular weight is 312 g/mol. The van der Waals surface area contributed by atoms with Gasteiger partial charge in [0.1, 0.15) is 6.54 Å². The van der Waals surface area contributed by atoms with Gasteiger partial charge in [0.25, 0.3) is 5.91 Å². The third-order valence-corrected chi connectivity index (χ3v) is 4.00. The van der Waals surface area contributed by atoms with Crippen LogP contribution in [-0.4, -0.2) is 20.3 Å². The second-order valence-corrected chi connectivity index (χ2v) is 5.88. The molecule has 6 heteroatoms. The number of benzene rings is 1. The second-order valence-electron chi connectivity index (χ2n) is 5.01.